The van der Waals surface area contributed by atoms with Crippen LogP contribution < -0.4 is 14.9 Å². The fourth-order valence-corrected chi connectivity index (χ4v) is 5.27. The predicted molar refractivity (Wildman–Crippen MR) is 154 cm³/mol. The Hall–Kier alpha value is -4.55. The largest absolute Gasteiger partial charge is 0.493 e. The summed E-state index contributed by atoms with van der Waals surface area (Å²) in [6.45, 7) is 2.67. The summed E-state index contributed by atoms with van der Waals surface area (Å²) in [7, 11) is 1.57. The number of hydrogen-bond acceptors (Lipinski definition) is 5. The number of carbonyl (C=O) groups is 1. The highest BCUT2D eigenvalue weighted by Crippen LogP contribution is 2.42. The summed E-state index contributed by atoms with van der Waals surface area (Å²) >= 11 is 6.22. The molecule has 0 aliphatic carbocycles. The van der Waals surface area contributed by atoms with Crippen molar-refractivity contribution in [2.24, 2.45) is 0 Å². The summed E-state index contributed by atoms with van der Waals surface area (Å²) in [5.41, 5.74) is 4.10. The Morgan fingerprint density at radius 2 is 1.65 bits per heavy atom. The summed E-state index contributed by atoms with van der Waals surface area (Å²) in [5.74, 6) is 0.748. The van der Waals surface area contributed by atoms with Gasteiger partial charge in [0.2, 0.25) is 5.76 Å². The van der Waals surface area contributed by atoms with Crippen molar-refractivity contribution in [3.63, 3.8) is 0 Å². The van der Waals surface area contributed by atoms with Crippen LogP contribution in [0.25, 0.3) is 11.0 Å². The molecule has 4 aromatic carbocycles. The quantitative estimate of drug-likeness (QED) is 0.216. The number of halogens is 1. The third kappa shape index (κ3) is 4.71. The summed E-state index contributed by atoms with van der Waals surface area (Å²) in [5, 5.41) is 0.745. The van der Waals surface area contributed by atoms with Crippen LogP contribution in [0.3, 0.4) is 0 Å². The van der Waals surface area contributed by atoms with E-state index in [-0.39, 0.29) is 22.7 Å². The van der Waals surface area contributed by atoms with Gasteiger partial charge >= 0.3 is 0 Å². The van der Waals surface area contributed by atoms with Crippen LogP contribution >= 0.6 is 11.6 Å². The molecule has 200 valence electrons. The number of amides is 1. The van der Waals surface area contributed by atoms with E-state index >= 15 is 0 Å². The summed E-state index contributed by atoms with van der Waals surface area (Å²) in [4.78, 5) is 29.3. The molecule has 1 amide bonds. The van der Waals surface area contributed by atoms with Gasteiger partial charge in [-0.05, 0) is 53.9 Å². The van der Waals surface area contributed by atoms with Gasteiger partial charge in [0.25, 0.3) is 5.91 Å². The van der Waals surface area contributed by atoms with Crippen LogP contribution in [-0.4, -0.2) is 17.9 Å². The summed E-state index contributed by atoms with van der Waals surface area (Å²) < 4.78 is 17.8. The number of nitrogens with zero attached hydrogens (tertiary/aromatic N) is 1. The van der Waals surface area contributed by atoms with Crippen LogP contribution in [0.1, 0.15) is 44.4 Å². The van der Waals surface area contributed by atoms with Crippen molar-refractivity contribution in [2.45, 2.75) is 26.1 Å². The van der Waals surface area contributed by atoms with E-state index in [1.165, 1.54) is 0 Å². The molecule has 2 heterocycles. The molecule has 0 N–H and O–H groups in total. The molecule has 40 heavy (non-hydrogen) atoms. The molecule has 1 atom stereocenters. The van der Waals surface area contributed by atoms with E-state index in [4.69, 9.17) is 25.5 Å². The van der Waals surface area contributed by atoms with Gasteiger partial charge in [-0.25, -0.2) is 0 Å². The summed E-state index contributed by atoms with van der Waals surface area (Å²) in [6, 6.07) is 27.4. The van der Waals surface area contributed by atoms with Gasteiger partial charge in [0.15, 0.2) is 16.9 Å². The van der Waals surface area contributed by atoms with Gasteiger partial charge in [-0.1, -0.05) is 77.8 Å². The van der Waals surface area contributed by atoms with Crippen LogP contribution in [0.5, 0.6) is 11.5 Å². The molecule has 1 unspecified atom stereocenters. The maximum absolute atomic E-state index is 13.9. The minimum absolute atomic E-state index is 0.0419. The maximum atomic E-state index is 13.9. The maximum Gasteiger partial charge on any atom is 0.291 e. The van der Waals surface area contributed by atoms with Crippen LogP contribution in [-0.2, 0) is 13.2 Å². The van der Waals surface area contributed by atoms with E-state index in [1.54, 1.807) is 30.2 Å². The average molecular weight is 552 g/mol. The number of fused-ring (bicyclic) bond motifs is 2. The second-order valence-corrected chi connectivity index (χ2v) is 10.3. The van der Waals surface area contributed by atoms with E-state index in [0.29, 0.717) is 46.2 Å². The van der Waals surface area contributed by atoms with Crippen molar-refractivity contribution in [2.75, 3.05) is 7.11 Å². The molecule has 0 saturated heterocycles. The van der Waals surface area contributed by atoms with Gasteiger partial charge in [0, 0.05) is 11.6 Å². The zero-order valence-corrected chi connectivity index (χ0v) is 22.8. The molecular formula is C33H26ClNO5. The Labute approximate surface area is 236 Å². The normalized spacial score (nSPS) is 14.4. The highest BCUT2D eigenvalue weighted by Gasteiger charge is 2.43. The minimum atomic E-state index is -0.694. The van der Waals surface area contributed by atoms with Crippen LogP contribution in [0.4, 0.5) is 0 Å². The van der Waals surface area contributed by atoms with Gasteiger partial charge in [-0.3, -0.25) is 9.59 Å². The van der Waals surface area contributed by atoms with E-state index < -0.39 is 6.04 Å². The Balaban J connectivity index is 1.45. The molecule has 0 radical (unpaired) electrons. The molecule has 1 aliphatic heterocycles. The first-order valence-electron chi connectivity index (χ1n) is 12.9. The SMILES string of the molecule is COc1cc(C2c3c(oc4ccc(Cl)cc4c3=O)C(=O)N2Cc2ccc(C)cc2)ccc1OCc1ccccc1. The van der Waals surface area contributed by atoms with E-state index in [0.717, 1.165) is 16.7 Å². The number of carbonyl (C=O) groups excluding carboxylic acids is 1. The minimum Gasteiger partial charge on any atom is -0.493 e. The van der Waals surface area contributed by atoms with Gasteiger partial charge in [0.1, 0.15) is 12.2 Å². The number of ether oxygens (including phenoxy) is 2. The molecule has 1 aliphatic rings. The fourth-order valence-electron chi connectivity index (χ4n) is 5.10. The lowest BCUT2D eigenvalue weighted by Gasteiger charge is -2.26. The highest BCUT2D eigenvalue weighted by molar-refractivity contribution is 6.31. The molecular weight excluding hydrogens is 526 g/mol. The first-order valence-corrected chi connectivity index (χ1v) is 13.3. The Morgan fingerprint density at radius 3 is 2.40 bits per heavy atom. The van der Waals surface area contributed by atoms with Gasteiger partial charge in [0.05, 0.1) is 24.1 Å². The molecule has 0 bridgehead atoms. The van der Waals surface area contributed by atoms with Crippen LogP contribution in [0.2, 0.25) is 5.02 Å². The van der Waals surface area contributed by atoms with Crippen LogP contribution in [0.15, 0.2) is 100 Å². The average Bonchev–Trinajstić information content (AvgIpc) is 3.25. The van der Waals surface area contributed by atoms with Crippen molar-refractivity contribution >= 4 is 28.5 Å². The monoisotopic (exact) mass is 551 g/mol. The van der Waals surface area contributed by atoms with Gasteiger partial charge in [-0.15, -0.1) is 0 Å². The molecule has 0 fully saturated rings. The number of methoxy groups -OCH3 is 1. The topological polar surface area (TPSA) is 69.0 Å². The lowest BCUT2D eigenvalue weighted by molar-refractivity contribution is 0.0714. The Morgan fingerprint density at radius 1 is 0.875 bits per heavy atom. The van der Waals surface area contributed by atoms with Crippen molar-refractivity contribution < 1.29 is 18.7 Å². The third-order valence-electron chi connectivity index (χ3n) is 7.14. The molecule has 7 heteroatoms. The predicted octanol–water partition coefficient (Wildman–Crippen LogP) is 7.09. The second-order valence-electron chi connectivity index (χ2n) is 9.82. The Kier molecular flexibility index (Phi) is 6.78. The standard InChI is InChI=1S/C33H26ClNO5/c1-20-8-10-21(11-9-20)18-35-30(29-31(36)25-17-24(34)13-15-26(25)40-32(29)33(35)37)23-12-14-27(28(16-23)38-2)39-19-22-6-4-3-5-7-22/h3-17,30H,18-19H2,1-2H3. The zero-order valence-electron chi connectivity index (χ0n) is 22.0. The highest BCUT2D eigenvalue weighted by atomic mass is 35.5. The van der Waals surface area contributed by atoms with Crippen molar-refractivity contribution in [1.29, 1.82) is 0 Å². The molecule has 6 nitrogen and oxygen atoms in total. The third-order valence-corrected chi connectivity index (χ3v) is 7.38. The van der Waals surface area contributed by atoms with Gasteiger partial charge < -0.3 is 18.8 Å². The summed E-state index contributed by atoms with van der Waals surface area (Å²) in [6.07, 6.45) is 0. The van der Waals surface area contributed by atoms with E-state index in [9.17, 15) is 9.59 Å². The zero-order chi connectivity index (χ0) is 27.8. The van der Waals surface area contributed by atoms with Crippen LogP contribution in [0, 0.1) is 6.92 Å². The van der Waals surface area contributed by atoms with Crippen molar-refractivity contribution in [1.82, 2.24) is 4.90 Å². The number of hydrogen-bond donors (Lipinski definition) is 0. The number of rotatable bonds is 7. The van der Waals surface area contributed by atoms with Crippen molar-refractivity contribution in [3.05, 3.63) is 140 Å². The molecule has 6 rings (SSSR count). The van der Waals surface area contributed by atoms with Gasteiger partial charge in [-0.2, -0.15) is 0 Å². The van der Waals surface area contributed by atoms with Crippen molar-refractivity contribution in [3.8, 4) is 11.5 Å². The number of benzene rings is 4. The first kappa shape index (κ1) is 25.7. The molecule has 0 saturated carbocycles. The number of aryl methyl sites for hydroxylation is 1. The molecule has 0 spiro atoms. The second kappa shape index (κ2) is 10.5. The Bertz CT molecular complexity index is 1780. The lowest BCUT2D eigenvalue weighted by atomic mass is 9.97. The van der Waals surface area contributed by atoms with E-state index in [1.807, 2.05) is 79.7 Å². The van der Waals surface area contributed by atoms with E-state index in [2.05, 4.69) is 0 Å². The molecule has 1 aromatic heterocycles. The molecule has 5 aromatic rings. The fraction of sp³-hybridized carbons (Fsp3) is 0.152. The first-order chi connectivity index (χ1) is 19.4. The smallest absolute Gasteiger partial charge is 0.291 e. The lowest BCUT2D eigenvalue weighted by Crippen LogP contribution is -2.29.